The summed E-state index contributed by atoms with van der Waals surface area (Å²) in [5.41, 5.74) is -0.725. The minimum atomic E-state index is -0.738. The first-order valence-electron chi connectivity index (χ1n) is 20.6. The van der Waals surface area contributed by atoms with Gasteiger partial charge in [-0.15, -0.1) is 11.3 Å². The lowest BCUT2D eigenvalue weighted by atomic mass is 9.88. The van der Waals surface area contributed by atoms with Crippen LogP contribution in [0.25, 0.3) is 0 Å². The van der Waals surface area contributed by atoms with Crippen molar-refractivity contribution in [2.45, 2.75) is 135 Å². The third-order valence-electron chi connectivity index (χ3n) is 12.2. The average molecular weight is 797 g/mol. The predicted octanol–water partition coefficient (Wildman–Crippen LogP) is 5.58. The van der Waals surface area contributed by atoms with Crippen molar-refractivity contribution in [3.05, 3.63) is 53.0 Å². The van der Waals surface area contributed by atoms with E-state index in [0.29, 0.717) is 25.8 Å². The molecule has 0 unspecified atom stereocenters. The van der Waals surface area contributed by atoms with Crippen molar-refractivity contribution in [2.75, 3.05) is 34.4 Å². The van der Waals surface area contributed by atoms with Gasteiger partial charge < -0.3 is 35.2 Å². The number of rotatable bonds is 19. The molecule has 3 heterocycles. The highest BCUT2D eigenvalue weighted by molar-refractivity contribution is 7.09. The molecule has 0 bridgehead atoms. The van der Waals surface area contributed by atoms with E-state index in [1.54, 1.807) is 32.4 Å². The Bertz CT molecular complexity index is 1510. The van der Waals surface area contributed by atoms with Gasteiger partial charge in [0.25, 0.3) is 0 Å². The first-order chi connectivity index (χ1) is 26.8. The number of aromatic nitrogens is 1. The van der Waals surface area contributed by atoms with Gasteiger partial charge in [0.1, 0.15) is 11.0 Å². The Morgan fingerprint density at radius 1 is 1.04 bits per heavy atom. The Hall–Kier alpha value is -3.39. The maximum atomic E-state index is 14.3. The molecule has 2 fully saturated rings. The molecular weight excluding hydrogens is 729 g/mol. The molecule has 1 aromatic rings. The topological polar surface area (TPSA) is 142 Å². The molecule has 4 amide bonds. The number of nitrogens with one attached hydrogen (secondary N) is 3. The second-order valence-electron chi connectivity index (χ2n) is 16.5. The normalized spacial score (nSPS) is 23.8. The maximum absolute atomic E-state index is 14.3. The number of likely N-dealkylation sites (tertiary alicyclic amines) is 1. The maximum Gasteiger partial charge on any atom is 0.245 e. The van der Waals surface area contributed by atoms with Crippen LogP contribution in [0.3, 0.4) is 0 Å². The zero-order valence-corrected chi connectivity index (χ0v) is 36.0. The number of hydrogen-bond acceptors (Lipinski definition) is 9. The molecule has 1 aliphatic carbocycles. The van der Waals surface area contributed by atoms with Crippen molar-refractivity contribution in [2.24, 2.45) is 23.7 Å². The molecule has 0 saturated carbocycles. The molecule has 13 heteroatoms. The molecular formula is C43H68N6O6S. The summed E-state index contributed by atoms with van der Waals surface area (Å²) in [6, 6.07) is -1.75. The summed E-state index contributed by atoms with van der Waals surface area (Å²) in [6.07, 6.45) is 18.6. The Labute approximate surface area is 339 Å². The number of nitrogens with zero attached hydrogens (tertiary/aromatic N) is 3. The van der Waals surface area contributed by atoms with Crippen molar-refractivity contribution in [1.29, 1.82) is 0 Å². The van der Waals surface area contributed by atoms with E-state index in [4.69, 9.17) is 9.47 Å². The molecule has 1 aromatic heterocycles. The SMILES string of the molecule is CC[C@H](C)[C@@H]([C@@H](CC(=O)N1CCC[C@H]1[C@H](OC)[C@@H](C)C(=O)N[C@H](CC1C=CC=CC=C1)c1nccs1)OC)N(C)C(=O)[C@@H](NC(=O)[C@@]1(C)CCCCN1)C(C)C. The third-order valence-corrected chi connectivity index (χ3v) is 13.1. The molecule has 4 rings (SSSR count). The highest BCUT2D eigenvalue weighted by atomic mass is 32.1. The standard InChI is InChI=1S/C43H68N6O6S/c1-10-29(4)37(48(7)41(52)36(28(2)3)47-42(53)43(6)21-15-16-22-45-43)34(54-8)27-35(50)49-24-17-20-33(49)38(55-9)30(5)39(51)46-32(40-44-23-25-56-40)26-31-18-13-11-12-14-19-31/h11-14,18-19,23,25,28-34,36-38,45H,10,15-17,20-22,24,26-27H2,1-9H3,(H,46,51)(H,47,53)/t29-,30+,32+,33-,34+,36-,37-,38+,43+/m0/s1. The highest BCUT2D eigenvalue weighted by Crippen LogP contribution is 2.31. The zero-order chi connectivity index (χ0) is 41.0. The Morgan fingerprint density at radius 2 is 1.75 bits per heavy atom. The number of ether oxygens (including phenoxy) is 2. The average Bonchev–Trinajstić information content (AvgIpc) is 3.85. The quantitative estimate of drug-likeness (QED) is 0.165. The van der Waals surface area contributed by atoms with Gasteiger partial charge in [0.2, 0.25) is 23.6 Å². The second-order valence-corrected chi connectivity index (χ2v) is 17.4. The summed E-state index contributed by atoms with van der Waals surface area (Å²) in [4.78, 5) is 64.2. The van der Waals surface area contributed by atoms with Gasteiger partial charge in [-0.1, -0.05) is 77.5 Å². The van der Waals surface area contributed by atoms with Gasteiger partial charge >= 0.3 is 0 Å². The number of hydrogen-bond donors (Lipinski definition) is 3. The fraction of sp³-hybridized carbons (Fsp3) is 0.698. The summed E-state index contributed by atoms with van der Waals surface area (Å²) in [5.74, 6) is -1.20. The first kappa shape index (κ1) is 45.3. The first-order valence-corrected chi connectivity index (χ1v) is 21.5. The van der Waals surface area contributed by atoms with E-state index < -0.39 is 35.7 Å². The van der Waals surface area contributed by atoms with Gasteiger partial charge in [0, 0.05) is 39.4 Å². The van der Waals surface area contributed by atoms with E-state index in [-0.39, 0.29) is 59.9 Å². The summed E-state index contributed by atoms with van der Waals surface area (Å²) in [5, 5.41) is 12.5. The minimum Gasteiger partial charge on any atom is -0.379 e. The number of allylic oxidation sites excluding steroid dienone is 6. The molecule has 2 saturated heterocycles. The van der Waals surface area contributed by atoms with Crippen LogP contribution in [0, 0.1) is 23.7 Å². The van der Waals surface area contributed by atoms with Gasteiger partial charge in [-0.25, -0.2) is 4.98 Å². The molecule has 2 aliphatic heterocycles. The number of thiazole rings is 1. The molecule has 12 nitrogen and oxygen atoms in total. The van der Waals surface area contributed by atoms with Gasteiger partial charge in [-0.2, -0.15) is 0 Å². The van der Waals surface area contributed by atoms with Crippen molar-refractivity contribution in [1.82, 2.24) is 30.7 Å². The Morgan fingerprint density at radius 3 is 2.32 bits per heavy atom. The van der Waals surface area contributed by atoms with Gasteiger partial charge in [-0.3, -0.25) is 19.2 Å². The second kappa shape index (κ2) is 21.4. The molecule has 3 N–H and O–H groups in total. The molecule has 0 spiro atoms. The van der Waals surface area contributed by atoms with Crippen LogP contribution in [0.5, 0.6) is 0 Å². The summed E-state index contributed by atoms with van der Waals surface area (Å²) in [6.45, 7) is 13.1. The lowest BCUT2D eigenvalue weighted by Gasteiger charge is -2.41. The summed E-state index contributed by atoms with van der Waals surface area (Å²) < 4.78 is 12.1. The van der Waals surface area contributed by atoms with Gasteiger partial charge in [-0.05, 0) is 69.7 Å². The van der Waals surface area contributed by atoms with Crippen LogP contribution in [0.2, 0.25) is 0 Å². The summed E-state index contributed by atoms with van der Waals surface area (Å²) in [7, 11) is 4.95. The van der Waals surface area contributed by atoms with Crippen LogP contribution >= 0.6 is 11.3 Å². The molecule has 312 valence electrons. The largest absolute Gasteiger partial charge is 0.379 e. The van der Waals surface area contributed by atoms with Crippen LogP contribution in [0.1, 0.15) is 104 Å². The lowest BCUT2D eigenvalue weighted by Crippen LogP contribution is -2.63. The number of likely N-dealkylation sites (N-methyl/N-ethyl adjacent to an activating group) is 1. The molecule has 0 radical (unpaired) electrons. The fourth-order valence-electron chi connectivity index (χ4n) is 8.56. The Kier molecular flexibility index (Phi) is 17.3. The van der Waals surface area contributed by atoms with E-state index in [0.717, 1.165) is 37.2 Å². The summed E-state index contributed by atoms with van der Waals surface area (Å²) >= 11 is 1.52. The van der Waals surface area contributed by atoms with Crippen molar-refractivity contribution in [3.8, 4) is 0 Å². The monoisotopic (exact) mass is 796 g/mol. The lowest BCUT2D eigenvalue weighted by molar-refractivity contribution is -0.148. The van der Waals surface area contributed by atoms with Gasteiger partial charge in [0.05, 0.1) is 48.2 Å². The number of amides is 4. The zero-order valence-electron chi connectivity index (χ0n) is 35.2. The molecule has 56 heavy (non-hydrogen) atoms. The van der Waals surface area contributed by atoms with Crippen LogP contribution < -0.4 is 16.0 Å². The van der Waals surface area contributed by atoms with Crippen molar-refractivity contribution >= 4 is 35.0 Å². The highest BCUT2D eigenvalue weighted by Gasteiger charge is 2.44. The van der Waals surface area contributed by atoms with Crippen LogP contribution in [0.15, 0.2) is 48.0 Å². The smallest absolute Gasteiger partial charge is 0.245 e. The van der Waals surface area contributed by atoms with E-state index in [9.17, 15) is 19.2 Å². The number of carbonyl (C=O) groups is 4. The molecule has 3 aliphatic rings. The van der Waals surface area contributed by atoms with Crippen LogP contribution in [0.4, 0.5) is 0 Å². The van der Waals surface area contributed by atoms with Crippen molar-refractivity contribution in [3.63, 3.8) is 0 Å². The van der Waals surface area contributed by atoms with E-state index in [1.165, 1.54) is 11.3 Å². The number of piperidine rings is 1. The third kappa shape index (κ3) is 11.4. The van der Waals surface area contributed by atoms with E-state index in [1.807, 2.05) is 62.3 Å². The van der Waals surface area contributed by atoms with Crippen LogP contribution in [-0.2, 0) is 28.7 Å². The Balaban J connectivity index is 1.47. The predicted molar refractivity (Wildman–Crippen MR) is 222 cm³/mol. The minimum absolute atomic E-state index is 0.00132. The molecule has 9 atom stereocenters. The van der Waals surface area contributed by atoms with E-state index in [2.05, 4.69) is 46.9 Å². The molecule has 0 aromatic carbocycles. The van der Waals surface area contributed by atoms with E-state index >= 15 is 0 Å². The van der Waals surface area contributed by atoms with Crippen molar-refractivity contribution < 1.29 is 28.7 Å². The number of methoxy groups -OCH3 is 2. The fourth-order valence-corrected chi connectivity index (χ4v) is 9.26. The van der Waals surface area contributed by atoms with Gasteiger partial charge in [0.15, 0.2) is 0 Å². The van der Waals surface area contributed by atoms with Crippen LogP contribution in [-0.4, -0.2) is 109 Å². The number of carbonyl (C=O) groups excluding carboxylic acids is 4.